The van der Waals surface area contributed by atoms with Crippen LogP contribution in [0, 0.1) is 0 Å². The van der Waals surface area contributed by atoms with Crippen LogP contribution in [-0.2, 0) is 23.8 Å². The van der Waals surface area contributed by atoms with E-state index >= 15 is 0 Å². The molecule has 0 aromatic rings. The van der Waals surface area contributed by atoms with Gasteiger partial charge in [0, 0.05) is 0 Å². The number of halogens is 2. The Morgan fingerprint density at radius 2 is 1.07 bits per heavy atom. The Kier molecular flexibility index (Phi) is 10.2. The Balaban J connectivity index is 2.99. The molecule has 0 N–H and O–H groups in total. The molecule has 7 heteroatoms. The van der Waals surface area contributed by atoms with Crippen LogP contribution in [0.2, 0.25) is 0 Å². The predicted molar refractivity (Wildman–Crippen MR) is 54.2 cm³/mol. The van der Waals surface area contributed by atoms with E-state index in [1.807, 2.05) is 0 Å². The van der Waals surface area contributed by atoms with Gasteiger partial charge in [0.25, 0.3) is 0 Å². The van der Waals surface area contributed by atoms with Gasteiger partial charge in [-0.25, -0.2) is 0 Å². The van der Waals surface area contributed by atoms with Crippen molar-refractivity contribution in [2.75, 3.05) is 39.6 Å². The summed E-state index contributed by atoms with van der Waals surface area (Å²) in [6.45, 7) is 0.995. The minimum atomic E-state index is -0.543. The standard InChI is InChI=1S/C8H12Cl2O5/c9-7(11)5-14-3-1-13-2-4-15-6-8(10)12/h1-6H2. The smallest absolute Gasteiger partial charge is 0.247 e. The minimum absolute atomic E-state index is 0.123. The molecule has 0 unspecified atom stereocenters. The summed E-state index contributed by atoms with van der Waals surface area (Å²) in [6.07, 6.45) is 0. The van der Waals surface area contributed by atoms with Crippen molar-refractivity contribution in [1.29, 1.82) is 0 Å². The average molecular weight is 259 g/mol. The van der Waals surface area contributed by atoms with Gasteiger partial charge in [0.2, 0.25) is 10.5 Å². The summed E-state index contributed by atoms with van der Waals surface area (Å²) in [5.41, 5.74) is 0. The van der Waals surface area contributed by atoms with E-state index in [9.17, 15) is 9.59 Å². The SMILES string of the molecule is O=C(Cl)COCCOCCOCC(=O)Cl. The highest BCUT2D eigenvalue weighted by Crippen LogP contribution is 1.85. The number of ether oxygens (including phenoxy) is 3. The van der Waals surface area contributed by atoms with Crippen LogP contribution < -0.4 is 0 Å². The fourth-order valence-corrected chi connectivity index (χ4v) is 0.797. The van der Waals surface area contributed by atoms with Crippen molar-refractivity contribution in [3.05, 3.63) is 0 Å². The largest absolute Gasteiger partial charge is 0.377 e. The fraction of sp³-hybridized carbons (Fsp3) is 0.750. The lowest BCUT2D eigenvalue weighted by molar-refractivity contribution is -0.116. The number of carbonyl (C=O) groups excluding carboxylic acids is 2. The van der Waals surface area contributed by atoms with Crippen molar-refractivity contribution in [1.82, 2.24) is 0 Å². The second-order valence-corrected chi connectivity index (χ2v) is 3.27. The Hall–Kier alpha value is -0.200. The molecule has 0 aromatic heterocycles. The highest BCUT2D eigenvalue weighted by Gasteiger charge is 1.97. The third-order valence-electron chi connectivity index (χ3n) is 1.18. The minimum Gasteiger partial charge on any atom is -0.377 e. The Morgan fingerprint density at radius 3 is 1.40 bits per heavy atom. The lowest BCUT2D eigenvalue weighted by atomic mass is 10.7. The third kappa shape index (κ3) is 13.8. The van der Waals surface area contributed by atoms with Crippen LogP contribution >= 0.6 is 23.2 Å². The van der Waals surface area contributed by atoms with Crippen molar-refractivity contribution < 1.29 is 23.8 Å². The molecule has 5 nitrogen and oxygen atoms in total. The molecular weight excluding hydrogens is 247 g/mol. The summed E-state index contributed by atoms with van der Waals surface area (Å²) in [7, 11) is 0. The van der Waals surface area contributed by atoms with Gasteiger partial charge in [-0.15, -0.1) is 0 Å². The van der Waals surface area contributed by atoms with E-state index in [-0.39, 0.29) is 26.4 Å². The molecule has 15 heavy (non-hydrogen) atoms. The monoisotopic (exact) mass is 258 g/mol. The maximum absolute atomic E-state index is 10.2. The van der Waals surface area contributed by atoms with E-state index in [0.717, 1.165) is 0 Å². The fourth-order valence-electron chi connectivity index (χ4n) is 0.643. The van der Waals surface area contributed by atoms with E-state index in [2.05, 4.69) is 0 Å². The summed E-state index contributed by atoms with van der Waals surface area (Å²) >= 11 is 10.0. The lowest BCUT2D eigenvalue weighted by Gasteiger charge is -2.04. The van der Waals surface area contributed by atoms with Crippen LogP contribution in [-0.4, -0.2) is 50.1 Å². The van der Waals surface area contributed by atoms with E-state index in [0.29, 0.717) is 13.2 Å². The summed E-state index contributed by atoms with van der Waals surface area (Å²) in [6, 6.07) is 0. The summed E-state index contributed by atoms with van der Waals surface area (Å²) in [4.78, 5) is 20.4. The molecule has 0 fully saturated rings. The second kappa shape index (κ2) is 10.3. The number of hydrogen-bond acceptors (Lipinski definition) is 5. The van der Waals surface area contributed by atoms with Crippen molar-refractivity contribution in [2.45, 2.75) is 0 Å². The van der Waals surface area contributed by atoms with Gasteiger partial charge < -0.3 is 14.2 Å². The first-order valence-corrected chi connectivity index (χ1v) is 4.98. The second-order valence-electron chi connectivity index (χ2n) is 2.43. The normalized spacial score (nSPS) is 10.3. The molecule has 0 aliphatic carbocycles. The quantitative estimate of drug-likeness (QED) is 0.424. The first-order chi connectivity index (χ1) is 7.13. The molecular formula is C8H12Cl2O5. The molecule has 0 saturated heterocycles. The van der Waals surface area contributed by atoms with Gasteiger partial charge in [0.1, 0.15) is 13.2 Å². The highest BCUT2D eigenvalue weighted by atomic mass is 35.5. The van der Waals surface area contributed by atoms with Crippen molar-refractivity contribution >= 4 is 33.7 Å². The van der Waals surface area contributed by atoms with Crippen LogP contribution in [0.1, 0.15) is 0 Å². The van der Waals surface area contributed by atoms with Gasteiger partial charge in [-0.05, 0) is 23.2 Å². The summed E-state index contributed by atoms with van der Waals surface area (Å²) < 4.78 is 14.7. The maximum Gasteiger partial charge on any atom is 0.247 e. The maximum atomic E-state index is 10.2. The van der Waals surface area contributed by atoms with Gasteiger partial charge in [-0.3, -0.25) is 9.59 Å². The zero-order valence-corrected chi connectivity index (χ0v) is 9.55. The summed E-state index contributed by atoms with van der Waals surface area (Å²) in [5.74, 6) is 0. The van der Waals surface area contributed by atoms with Gasteiger partial charge in [-0.2, -0.15) is 0 Å². The van der Waals surface area contributed by atoms with E-state index < -0.39 is 10.5 Å². The molecule has 0 radical (unpaired) electrons. The highest BCUT2D eigenvalue weighted by molar-refractivity contribution is 6.64. The molecule has 0 aliphatic heterocycles. The molecule has 0 atom stereocenters. The zero-order chi connectivity index (χ0) is 11.5. The first kappa shape index (κ1) is 14.8. The van der Waals surface area contributed by atoms with Crippen LogP contribution in [0.25, 0.3) is 0 Å². The van der Waals surface area contributed by atoms with Crippen LogP contribution in [0.4, 0.5) is 0 Å². The molecule has 88 valence electrons. The average Bonchev–Trinajstić information content (AvgIpc) is 2.14. The number of hydrogen-bond donors (Lipinski definition) is 0. The molecule has 0 rings (SSSR count). The number of rotatable bonds is 10. The van der Waals surface area contributed by atoms with Crippen LogP contribution in [0.5, 0.6) is 0 Å². The van der Waals surface area contributed by atoms with Crippen molar-refractivity contribution in [3.63, 3.8) is 0 Å². The topological polar surface area (TPSA) is 61.8 Å². The Morgan fingerprint density at radius 1 is 0.733 bits per heavy atom. The molecule has 0 aromatic carbocycles. The molecule has 0 aliphatic rings. The Labute approximate surface area is 97.6 Å². The molecule has 0 bridgehead atoms. The van der Waals surface area contributed by atoms with Crippen LogP contribution in [0.15, 0.2) is 0 Å². The van der Waals surface area contributed by atoms with E-state index in [1.54, 1.807) is 0 Å². The van der Waals surface area contributed by atoms with E-state index in [1.165, 1.54) is 0 Å². The first-order valence-electron chi connectivity index (χ1n) is 4.23. The van der Waals surface area contributed by atoms with Gasteiger partial charge in [0.05, 0.1) is 26.4 Å². The van der Waals surface area contributed by atoms with Gasteiger partial charge >= 0.3 is 0 Å². The van der Waals surface area contributed by atoms with Gasteiger partial charge in [-0.1, -0.05) is 0 Å². The molecule has 0 spiro atoms. The Bertz CT molecular complexity index is 177. The molecule has 0 saturated carbocycles. The van der Waals surface area contributed by atoms with Crippen LogP contribution in [0.3, 0.4) is 0 Å². The van der Waals surface area contributed by atoms with Crippen molar-refractivity contribution in [3.8, 4) is 0 Å². The zero-order valence-electron chi connectivity index (χ0n) is 8.04. The molecule has 0 amide bonds. The third-order valence-corrected chi connectivity index (χ3v) is 1.39. The van der Waals surface area contributed by atoms with E-state index in [4.69, 9.17) is 37.4 Å². The lowest BCUT2D eigenvalue weighted by Crippen LogP contribution is -2.12. The summed E-state index contributed by atoms with van der Waals surface area (Å²) in [5, 5.41) is -1.09. The molecule has 0 heterocycles. The van der Waals surface area contributed by atoms with Gasteiger partial charge in [0.15, 0.2) is 0 Å². The predicted octanol–water partition coefficient (Wildman–Crippen LogP) is 0.567. The van der Waals surface area contributed by atoms with Crippen molar-refractivity contribution in [2.24, 2.45) is 0 Å². The number of carbonyl (C=O) groups is 2.